The largest absolute Gasteiger partial charge is 0.481 e. The molecule has 0 aliphatic heterocycles. The van der Waals surface area contributed by atoms with Crippen LogP contribution in [0.5, 0.6) is 0 Å². The van der Waals surface area contributed by atoms with Crippen molar-refractivity contribution in [2.24, 2.45) is 5.41 Å². The lowest BCUT2D eigenvalue weighted by Gasteiger charge is -2.30. The minimum Gasteiger partial charge on any atom is -0.481 e. The van der Waals surface area contributed by atoms with Crippen LogP contribution in [0.1, 0.15) is 26.2 Å². The van der Waals surface area contributed by atoms with Crippen LogP contribution in [0.25, 0.3) is 0 Å². The van der Waals surface area contributed by atoms with Gasteiger partial charge >= 0.3 is 5.97 Å². The van der Waals surface area contributed by atoms with Crippen LogP contribution in [0.2, 0.25) is 0 Å². The van der Waals surface area contributed by atoms with Crippen LogP contribution in [0.3, 0.4) is 0 Å². The Morgan fingerprint density at radius 1 is 1.45 bits per heavy atom. The Bertz CT molecular complexity index is 191. The lowest BCUT2D eigenvalue weighted by atomic mass is 9.89. The number of aliphatic carboxylic acids is 1. The normalized spacial score (nSPS) is 35.5. The third kappa shape index (κ3) is 1.35. The molecule has 1 rings (SSSR count). The van der Waals surface area contributed by atoms with E-state index in [1.165, 1.54) is 0 Å². The Morgan fingerprint density at radius 2 is 2.00 bits per heavy atom. The Kier molecular flexibility index (Phi) is 2.36. The van der Waals surface area contributed by atoms with E-state index in [1.807, 2.05) is 0 Å². The van der Waals surface area contributed by atoms with Crippen molar-refractivity contribution in [1.29, 1.82) is 0 Å². The zero-order valence-electron chi connectivity index (χ0n) is 6.23. The zero-order valence-corrected chi connectivity index (χ0v) is 9.40. The van der Waals surface area contributed by atoms with Gasteiger partial charge in [0, 0.05) is 0 Å². The lowest BCUT2D eigenvalue weighted by molar-refractivity contribution is -0.147. The van der Waals surface area contributed by atoms with E-state index in [0.29, 0.717) is 0 Å². The fourth-order valence-corrected chi connectivity index (χ4v) is 2.68. The Hall–Kier alpha value is 0.430. The van der Waals surface area contributed by atoms with Crippen molar-refractivity contribution in [2.75, 3.05) is 0 Å². The maximum Gasteiger partial charge on any atom is 0.311 e. The summed E-state index contributed by atoms with van der Waals surface area (Å²) in [4.78, 5) is 10.9. The molecule has 11 heavy (non-hydrogen) atoms. The molecule has 0 aromatic rings. The predicted molar refractivity (Wildman–Crippen MR) is 50.2 cm³/mol. The topological polar surface area (TPSA) is 37.3 Å². The Morgan fingerprint density at radius 3 is 2.18 bits per heavy atom. The molecule has 0 bridgehead atoms. The molecule has 0 spiro atoms. The van der Waals surface area contributed by atoms with Gasteiger partial charge in [0.1, 0.15) is 0 Å². The van der Waals surface area contributed by atoms with Gasteiger partial charge < -0.3 is 5.11 Å². The molecule has 0 aromatic carbocycles. The highest BCUT2D eigenvalue weighted by Gasteiger charge is 2.53. The van der Waals surface area contributed by atoms with Gasteiger partial charge in [-0.05, 0) is 26.2 Å². The number of carboxylic acid groups (broad SMARTS) is 1. The van der Waals surface area contributed by atoms with Crippen molar-refractivity contribution in [3.63, 3.8) is 0 Å². The SMILES string of the molecule is C[C@]1(C(=O)O)CCCC1(Br)Br. The molecule has 1 atom stereocenters. The molecular formula is C7H10Br2O2. The van der Waals surface area contributed by atoms with Crippen LogP contribution >= 0.6 is 31.9 Å². The first-order valence-corrected chi connectivity index (χ1v) is 5.10. The number of rotatable bonds is 1. The summed E-state index contributed by atoms with van der Waals surface area (Å²) in [7, 11) is 0. The second-order valence-electron chi connectivity index (χ2n) is 3.20. The summed E-state index contributed by atoms with van der Waals surface area (Å²) in [6, 6.07) is 0. The molecule has 1 N–H and O–H groups in total. The molecule has 1 aliphatic carbocycles. The van der Waals surface area contributed by atoms with Crippen LogP contribution in [0.4, 0.5) is 0 Å². The highest BCUT2D eigenvalue weighted by molar-refractivity contribution is 9.25. The molecule has 0 radical (unpaired) electrons. The second kappa shape index (κ2) is 2.73. The Balaban J connectivity index is 2.93. The standard InChI is InChI=1S/C7H10Br2O2/c1-6(5(10)11)3-2-4-7(6,8)9/h2-4H2,1H3,(H,10,11)/t6-/m1/s1. The molecule has 0 aromatic heterocycles. The minimum absolute atomic E-state index is 0.404. The summed E-state index contributed by atoms with van der Waals surface area (Å²) >= 11 is 6.80. The molecule has 0 unspecified atom stereocenters. The third-order valence-electron chi connectivity index (χ3n) is 2.45. The molecule has 1 aliphatic rings. The smallest absolute Gasteiger partial charge is 0.311 e. The molecule has 1 fully saturated rings. The van der Waals surface area contributed by atoms with E-state index in [-0.39, 0.29) is 0 Å². The second-order valence-corrected chi connectivity index (χ2v) is 6.97. The molecule has 1 saturated carbocycles. The fraction of sp³-hybridized carbons (Fsp3) is 0.857. The number of hydrogen-bond acceptors (Lipinski definition) is 1. The van der Waals surface area contributed by atoms with Gasteiger partial charge in [-0.15, -0.1) is 0 Å². The van der Waals surface area contributed by atoms with E-state index in [2.05, 4.69) is 31.9 Å². The van der Waals surface area contributed by atoms with E-state index in [9.17, 15) is 4.79 Å². The van der Waals surface area contributed by atoms with Gasteiger partial charge in [-0.3, -0.25) is 4.79 Å². The molecule has 0 heterocycles. The van der Waals surface area contributed by atoms with Gasteiger partial charge in [-0.25, -0.2) is 0 Å². The average Bonchev–Trinajstić information content (AvgIpc) is 2.09. The monoisotopic (exact) mass is 284 g/mol. The van der Waals surface area contributed by atoms with E-state index in [1.54, 1.807) is 6.92 Å². The van der Waals surface area contributed by atoms with Crippen molar-refractivity contribution in [3.05, 3.63) is 0 Å². The van der Waals surface area contributed by atoms with E-state index >= 15 is 0 Å². The number of carboxylic acids is 1. The summed E-state index contributed by atoms with van der Waals surface area (Å²) < 4.78 is -0.404. The molecule has 0 amide bonds. The summed E-state index contributed by atoms with van der Waals surface area (Å²) in [5, 5.41) is 8.95. The van der Waals surface area contributed by atoms with Crippen LogP contribution in [0, 0.1) is 5.41 Å². The van der Waals surface area contributed by atoms with Crippen molar-refractivity contribution < 1.29 is 9.90 Å². The maximum atomic E-state index is 10.9. The first-order chi connectivity index (χ1) is 4.90. The van der Waals surface area contributed by atoms with Crippen LogP contribution in [-0.2, 0) is 4.79 Å². The highest BCUT2D eigenvalue weighted by atomic mass is 79.9. The zero-order chi connectivity index (χ0) is 8.70. The van der Waals surface area contributed by atoms with Gasteiger partial charge in [0.15, 0.2) is 0 Å². The minimum atomic E-state index is -0.733. The van der Waals surface area contributed by atoms with Crippen molar-refractivity contribution in [1.82, 2.24) is 0 Å². The number of hydrogen-bond donors (Lipinski definition) is 1. The first-order valence-electron chi connectivity index (χ1n) is 3.51. The van der Waals surface area contributed by atoms with Gasteiger partial charge in [0.2, 0.25) is 0 Å². The highest BCUT2D eigenvalue weighted by Crippen LogP contribution is 2.55. The first kappa shape index (κ1) is 9.52. The van der Waals surface area contributed by atoms with Gasteiger partial charge in [0.05, 0.1) is 8.65 Å². The van der Waals surface area contributed by atoms with Crippen LogP contribution in [-0.4, -0.2) is 14.3 Å². The van der Waals surface area contributed by atoms with Gasteiger partial charge in [-0.1, -0.05) is 31.9 Å². The fourth-order valence-electron chi connectivity index (χ4n) is 1.39. The van der Waals surface area contributed by atoms with Crippen LogP contribution < -0.4 is 0 Å². The van der Waals surface area contributed by atoms with Crippen LogP contribution in [0.15, 0.2) is 0 Å². The number of alkyl halides is 2. The summed E-state index contributed by atoms with van der Waals surface area (Å²) in [6.45, 7) is 1.77. The van der Waals surface area contributed by atoms with Gasteiger partial charge in [0.25, 0.3) is 0 Å². The summed E-state index contributed by atoms with van der Waals surface area (Å²) in [5.41, 5.74) is -0.660. The number of halogens is 2. The molecule has 0 saturated heterocycles. The molecule has 4 heteroatoms. The maximum absolute atomic E-state index is 10.9. The van der Waals surface area contributed by atoms with Crippen molar-refractivity contribution in [2.45, 2.75) is 29.4 Å². The Labute approximate surface area is 82.6 Å². The third-order valence-corrected chi connectivity index (χ3v) is 4.99. The van der Waals surface area contributed by atoms with Crippen molar-refractivity contribution >= 4 is 37.8 Å². The lowest BCUT2D eigenvalue weighted by Crippen LogP contribution is -2.38. The summed E-state index contributed by atoms with van der Waals surface area (Å²) in [5.74, 6) is -0.733. The predicted octanol–water partition coefficient (Wildman–Crippen LogP) is 2.75. The van der Waals surface area contributed by atoms with E-state index in [0.717, 1.165) is 19.3 Å². The average molecular weight is 286 g/mol. The molecule has 2 nitrogen and oxygen atoms in total. The molecular weight excluding hydrogens is 276 g/mol. The van der Waals surface area contributed by atoms with Gasteiger partial charge in [-0.2, -0.15) is 0 Å². The van der Waals surface area contributed by atoms with E-state index < -0.39 is 14.6 Å². The quantitative estimate of drug-likeness (QED) is 0.752. The van der Waals surface area contributed by atoms with Crippen molar-refractivity contribution in [3.8, 4) is 0 Å². The number of carbonyl (C=O) groups is 1. The molecule has 64 valence electrons. The summed E-state index contributed by atoms with van der Waals surface area (Å²) in [6.07, 6.45) is 2.56. The van der Waals surface area contributed by atoms with E-state index in [4.69, 9.17) is 5.11 Å².